The van der Waals surface area contributed by atoms with Gasteiger partial charge in [-0.1, -0.05) is 30.0 Å². The van der Waals surface area contributed by atoms with Gasteiger partial charge in [-0.05, 0) is 67.6 Å². The number of benzene rings is 3. The van der Waals surface area contributed by atoms with E-state index >= 15 is 0 Å². The van der Waals surface area contributed by atoms with E-state index in [9.17, 15) is 19.5 Å². The van der Waals surface area contributed by atoms with Crippen molar-refractivity contribution < 1.29 is 24.7 Å². The number of hydrogen-bond donors (Lipinski definition) is 5. The molecule has 0 saturated carbocycles. The molecule has 0 aromatic heterocycles. The van der Waals surface area contributed by atoms with Crippen LogP contribution in [0.4, 0.5) is 11.4 Å². The number of aliphatic hydroxyl groups excluding tert-OH is 1. The fourth-order valence-corrected chi connectivity index (χ4v) is 4.39. The number of nitrogens with zero attached hydrogens (tertiary/aromatic N) is 2. The fraction of sp³-hybridized carbons (Fsp3) is 0.258. The van der Waals surface area contributed by atoms with E-state index in [4.69, 9.17) is 5.21 Å². The van der Waals surface area contributed by atoms with Gasteiger partial charge in [-0.25, -0.2) is 5.48 Å². The third-order valence-electron chi connectivity index (χ3n) is 6.69. The summed E-state index contributed by atoms with van der Waals surface area (Å²) in [4.78, 5) is 41.1. The first-order valence-electron chi connectivity index (χ1n) is 13.3. The number of rotatable bonds is 8. The third kappa shape index (κ3) is 8.40. The molecule has 0 spiro atoms. The second-order valence-electron chi connectivity index (χ2n) is 9.72. The summed E-state index contributed by atoms with van der Waals surface area (Å²) in [5, 5.41) is 23.8. The van der Waals surface area contributed by atoms with Gasteiger partial charge in [-0.2, -0.15) is 0 Å². The molecule has 4 rings (SSSR count). The molecular formula is C31H33N5O5. The molecular weight excluding hydrogens is 522 g/mol. The highest BCUT2D eigenvalue weighted by Crippen LogP contribution is 2.16. The van der Waals surface area contributed by atoms with E-state index in [0.29, 0.717) is 17.8 Å². The molecule has 212 valence electrons. The van der Waals surface area contributed by atoms with Gasteiger partial charge in [0.2, 0.25) is 5.91 Å². The minimum Gasteiger partial charge on any atom is -0.391 e. The maximum absolute atomic E-state index is 12.6. The molecule has 1 heterocycles. The van der Waals surface area contributed by atoms with Crippen molar-refractivity contribution in [1.29, 1.82) is 0 Å². The van der Waals surface area contributed by atoms with Crippen LogP contribution in [-0.2, 0) is 9.59 Å². The van der Waals surface area contributed by atoms with E-state index < -0.39 is 24.0 Å². The smallest absolute Gasteiger partial charge is 0.268 e. The van der Waals surface area contributed by atoms with Crippen LogP contribution in [0.15, 0.2) is 78.9 Å². The van der Waals surface area contributed by atoms with Crippen molar-refractivity contribution >= 4 is 29.1 Å². The number of carbonyl (C=O) groups is 3. The summed E-state index contributed by atoms with van der Waals surface area (Å²) in [6.07, 6.45) is -1.20. The minimum atomic E-state index is -1.30. The zero-order chi connectivity index (χ0) is 29.2. The molecule has 5 N–H and O–H groups in total. The van der Waals surface area contributed by atoms with Gasteiger partial charge in [-0.3, -0.25) is 24.5 Å². The minimum absolute atomic E-state index is 0.0575. The Bertz CT molecular complexity index is 1390. The Labute approximate surface area is 238 Å². The molecule has 0 aliphatic carbocycles. The zero-order valence-corrected chi connectivity index (χ0v) is 22.7. The van der Waals surface area contributed by atoms with Crippen LogP contribution in [0.1, 0.15) is 28.4 Å². The summed E-state index contributed by atoms with van der Waals surface area (Å²) in [5.41, 5.74) is 5.03. The van der Waals surface area contributed by atoms with Crippen LogP contribution in [0.2, 0.25) is 0 Å². The predicted octanol–water partition coefficient (Wildman–Crippen LogP) is 1.83. The molecule has 1 saturated heterocycles. The Hall–Kier alpha value is -4.69. The molecule has 1 aliphatic rings. The highest BCUT2D eigenvalue weighted by Gasteiger charge is 2.25. The van der Waals surface area contributed by atoms with Crippen LogP contribution < -0.4 is 21.0 Å². The van der Waals surface area contributed by atoms with E-state index in [1.54, 1.807) is 24.3 Å². The Balaban J connectivity index is 1.25. The maximum atomic E-state index is 12.6. The van der Waals surface area contributed by atoms with Crippen molar-refractivity contribution in [2.75, 3.05) is 42.9 Å². The number of nitrogens with one attached hydrogen (secondary N) is 3. The highest BCUT2D eigenvalue weighted by molar-refractivity contribution is 5.97. The van der Waals surface area contributed by atoms with Crippen LogP contribution in [-0.4, -0.2) is 77.8 Å². The average Bonchev–Trinajstić information content (AvgIpc) is 3.00. The number of piperazine rings is 1. The maximum Gasteiger partial charge on any atom is 0.268 e. The molecule has 0 radical (unpaired) electrons. The highest BCUT2D eigenvalue weighted by atomic mass is 16.5. The normalized spacial score (nSPS) is 14.7. The van der Waals surface area contributed by atoms with Gasteiger partial charge in [0.25, 0.3) is 11.8 Å². The quantitative estimate of drug-likeness (QED) is 0.163. The monoisotopic (exact) mass is 555 g/mol. The first-order valence-corrected chi connectivity index (χ1v) is 13.3. The van der Waals surface area contributed by atoms with Gasteiger partial charge in [0.1, 0.15) is 6.04 Å². The van der Waals surface area contributed by atoms with Crippen LogP contribution >= 0.6 is 0 Å². The van der Waals surface area contributed by atoms with E-state index in [2.05, 4.69) is 44.4 Å². The number of hydroxylamine groups is 1. The molecule has 3 aromatic rings. The van der Waals surface area contributed by atoms with Crippen molar-refractivity contribution in [2.45, 2.75) is 19.1 Å². The molecule has 1 aliphatic heterocycles. The summed E-state index contributed by atoms with van der Waals surface area (Å²) in [5.74, 6) is 4.53. The van der Waals surface area contributed by atoms with E-state index in [1.165, 1.54) is 18.1 Å². The summed E-state index contributed by atoms with van der Waals surface area (Å²) in [7, 11) is 0. The summed E-state index contributed by atoms with van der Waals surface area (Å²) >= 11 is 0. The molecule has 10 heteroatoms. The number of hydrogen-bond acceptors (Lipinski definition) is 7. The van der Waals surface area contributed by atoms with Gasteiger partial charge >= 0.3 is 0 Å². The van der Waals surface area contributed by atoms with Crippen LogP contribution in [0.5, 0.6) is 0 Å². The number of para-hydroxylation sites is 1. The topological polar surface area (TPSA) is 134 Å². The molecule has 3 amide bonds. The van der Waals surface area contributed by atoms with E-state index in [1.807, 2.05) is 42.5 Å². The molecule has 10 nitrogen and oxygen atoms in total. The Morgan fingerprint density at radius 1 is 0.854 bits per heavy atom. The molecule has 3 aromatic carbocycles. The largest absolute Gasteiger partial charge is 0.391 e. The van der Waals surface area contributed by atoms with Crippen molar-refractivity contribution in [3.8, 4) is 11.8 Å². The lowest BCUT2D eigenvalue weighted by atomic mass is 10.1. The molecule has 1 fully saturated rings. The molecule has 41 heavy (non-hydrogen) atoms. The number of carbonyl (C=O) groups excluding carboxylic acids is 3. The van der Waals surface area contributed by atoms with Gasteiger partial charge in [-0.15, -0.1) is 0 Å². The summed E-state index contributed by atoms with van der Waals surface area (Å²) in [6.45, 7) is 5.08. The van der Waals surface area contributed by atoms with Gasteiger partial charge in [0.15, 0.2) is 0 Å². The zero-order valence-electron chi connectivity index (χ0n) is 22.7. The molecule has 2 atom stereocenters. The molecule has 0 unspecified atom stereocenters. The number of amides is 3. The fourth-order valence-electron chi connectivity index (χ4n) is 4.39. The lowest BCUT2D eigenvalue weighted by molar-refractivity contribution is -0.133. The van der Waals surface area contributed by atoms with Crippen molar-refractivity contribution in [3.63, 3.8) is 0 Å². The number of anilines is 2. The first kappa shape index (κ1) is 29.3. The lowest BCUT2D eigenvalue weighted by Gasteiger charge is -2.35. The Morgan fingerprint density at radius 3 is 2.00 bits per heavy atom. The van der Waals surface area contributed by atoms with Crippen molar-refractivity contribution in [1.82, 2.24) is 15.7 Å². The predicted molar refractivity (Wildman–Crippen MR) is 155 cm³/mol. The average molecular weight is 556 g/mol. The van der Waals surface area contributed by atoms with Crippen LogP contribution in [0.3, 0.4) is 0 Å². The Kier molecular flexibility index (Phi) is 10.1. The van der Waals surface area contributed by atoms with Gasteiger partial charge in [0, 0.05) is 54.2 Å². The van der Waals surface area contributed by atoms with E-state index in [-0.39, 0.29) is 11.5 Å². The van der Waals surface area contributed by atoms with Gasteiger partial charge in [0.05, 0.1) is 12.6 Å². The Morgan fingerprint density at radius 2 is 1.44 bits per heavy atom. The molecule has 0 bridgehead atoms. The first-order chi connectivity index (χ1) is 19.8. The van der Waals surface area contributed by atoms with Crippen molar-refractivity contribution in [3.05, 3.63) is 95.6 Å². The van der Waals surface area contributed by atoms with Crippen LogP contribution in [0, 0.1) is 11.8 Å². The van der Waals surface area contributed by atoms with E-state index in [0.717, 1.165) is 31.7 Å². The van der Waals surface area contributed by atoms with Crippen LogP contribution in [0.25, 0.3) is 0 Å². The SMILES string of the molecule is C[C@@H](O)[C@H](NC(=O)c1ccc(C#Cc2ccc(NC(=O)CN3CCN(c4ccccc4)CC3)cc2)cc1)C(=O)NO. The summed E-state index contributed by atoms with van der Waals surface area (Å²) in [6, 6.07) is 22.7. The second-order valence-corrected chi connectivity index (χ2v) is 9.72. The van der Waals surface area contributed by atoms with Gasteiger partial charge < -0.3 is 20.6 Å². The standard InChI is InChI=1S/C31H33N5O5/c1-22(37)29(31(40)34-41)33-30(39)25-13-9-23(10-14-25)7-8-24-11-15-26(16-12-24)32-28(38)21-35-17-19-36(20-18-35)27-5-3-2-4-6-27/h2-6,9-16,22,29,37,41H,17-21H2,1H3,(H,32,38)(H,33,39)(H,34,40)/t22-,29+/m1/s1. The third-order valence-corrected chi connectivity index (χ3v) is 6.69. The second kappa shape index (κ2) is 14.1. The summed E-state index contributed by atoms with van der Waals surface area (Å²) < 4.78 is 0. The lowest BCUT2D eigenvalue weighted by Crippen LogP contribution is -2.51. The van der Waals surface area contributed by atoms with Crippen molar-refractivity contribution in [2.24, 2.45) is 0 Å². The number of aliphatic hydroxyl groups is 1.